The number of benzene rings is 2. The number of hydrogen-bond acceptors (Lipinski definition) is 5. The number of phenols is 1. The predicted molar refractivity (Wildman–Crippen MR) is 81.5 cm³/mol. The van der Waals surface area contributed by atoms with E-state index in [4.69, 9.17) is 10.5 Å². The maximum absolute atomic E-state index is 12.6. The molecule has 1 aliphatic carbocycles. The average molecular weight is 295 g/mol. The van der Waals surface area contributed by atoms with Crippen LogP contribution in [0.3, 0.4) is 0 Å². The molecule has 0 bridgehead atoms. The van der Waals surface area contributed by atoms with E-state index in [0.29, 0.717) is 0 Å². The molecule has 0 saturated heterocycles. The highest BCUT2D eigenvalue weighted by Gasteiger charge is 2.34. The second-order valence-corrected chi connectivity index (χ2v) is 4.86. The number of anilines is 1. The summed E-state index contributed by atoms with van der Waals surface area (Å²) in [6, 6.07) is 7.69. The summed E-state index contributed by atoms with van der Waals surface area (Å²) in [6.07, 6.45) is 1.51. The van der Waals surface area contributed by atoms with Gasteiger partial charge in [-0.05, 0) is 0 Å². The van der Waals surface area contributed by atoms with Gasteiger partial charge >= 0.3 is 0 Å². The molecule has 0 fully saturated rings. The largest absolute Gasteiger partial charge is 0.507 e. The van der Waals surface area contributed by atoms with Crippen molar-refractivity contribution in [3.8, 4) is 11.5 Å². The molecule has 0 atom stereocenters. The van der Waals surface area contributed by atoms with Crippen molar-refractivity contribution in [2.24, 2.45) is 0 Å². The number of carbonyl (C=O) groups is 2. The van der Waals surface area contributed by atoms with Gasteiger partial charge in [0.05, 0.1) is 16.8 Å². The summed E-state index contributed by atoms with van der Waals surface area (Å²) in [4.78, 5) is 25.2. The van der Waals surface area contributed by atoms with Gasteiger partial charge < -0.3 is 15.6 Å². The lowest BCUT2D eigenvalue weighted by Crippen LogP contribution is -2.23. The van der Waals surface area contributed by atoms with Gasteiger partial charge in [0, 0.05) is 17.2 Å². The van der Waals surface area contributed by atoms with Crippen molar-refractivity contribution in [1.82, 2.24) is 0 Å². The van der Waals surface area contributed by atoms with Crippen molar-refractivity contribution in [3.05, 3.63) is 65.2 Å². The van der Waals surface area contributed by atoms with Gasteiger partial charge in [-0.2, -0.15) is 0 Å². The molecule has 0 amide bonds. The molecular weight excluding hydrogens is 282 g/mol. The normalized spacial score (nSPS) is 12.5. The number of phenolic OH excluding ortho intramolecular Hbond substituents is 1. The minimum Gasteiger partial charge on any atom is -0.507 e. The van der Waals surface area contributed by atoms with Crippen LogP contribution in [0, 0.1) is 0 Å². The standard InChI is InChI=1S/C17H13NO4/c1-2-7-22-12-8-11(19)13-14(15(12)18)17(21)10-6-4-3-5-9(10)16(13)20/h2-6,8,19H,1,7,18H2. The first kappa shape index (κ1) is 13.9. The van der Waals surface area contributed by atoms with Gasteiger partial charge in [0.2, 0.25) is 0 Å². The summed E-state index contributed by atoms with van der Waals surface area (Å²) in [5.41, 5.74) is 6.47. The van der Waals surface area contributed by atoms with Crippen LogP contribution in [0.1, 0.15) is 31.8 Å². The Labute approximate surface area is 126 Å². The third-order valence-electron chi connectivity index (χ3n) is 3.54. The van der Waals surface area contributed by atoms with Crippen molar-refractivity contribution >= 4 is 17.3 Å². The summed E-state index contributed by atoms with van der Waals surface area (Å²) in [5, 5.41) is 10.1. The van der Waals surface area contributed by atoms with Crippen LogP contribution in [0.5, 0.6) is 11.5 Å². The van der Waals surface area contributed by atoms with Gasteiger partial charge in [0.15, 0.2) is 11.6 Å². The second-order valence-electron chi connectivity index (χ2n) is 4.86. The maximum atomic E-state index is 12.6. The molecule has 0 aliphatic heterocycles. The van der Waals surface area contributed by atoms with Crippen LogP contribution < -0.4 is 10.5 Å². The molecule has 0 radical (unpaired) electrons. The summed E-state index contributed by atoms with van der Waals surface area (Å²) < 4.78 is 5.34. The number of hydrogen-bond donors (Lipinski definition) is 2. The first-order valence-corrected chi connectivity index (χ1v) is 6.63. The molecule has 0 unspecified atom stereocenters. The Morgan fingerprint density at radius 2 is 1.73 bits per heavy atom. The third kappa shape index (κ3) is 1.87. The summed E-state index contributed by atoms with van der Waals surface area (Å²) in [7, 11) is 0. The smallest absolute Gasteiger partial charge is 0.198 e. The molecule has 3 N–H and O–H groups in total. The molecular formula is C17H13NO4. The van der Waals surface area contributed by atoms with Crippen LogP contribution in [0.15, 0.2) is 43.0 Å². The van der Waals surface area contributed by atoms with Crippen LogP contribution in [0.25, 0.3) is 0 Å². The molecule has 5 heteroatoms. The lowest BCUT2D eigenvalue weighted by Gasteiger charge is -2.21. The van der Waals surface area contributed by atoms with Crippen molar-refractivity contribution in [2.75, 3.05) is 12.3 Å². The van der Waals surface area contributed by atoms with E-state index in [1.807, 2.05) is 0 Å². The van der Waals surface area contributed by atoms with E-state index >= 15 is 0 Å². The number of carbonyl (C=O) groups excluding carboxylic acids is 2. The highest BCUT2D eigenvalue weighted by molar-refractivity contribution is 6.31. The van der Waals surface area contributed by atoms with E-state index in [0.717, 1.165) is 0 Å². The Hall–Kier alpha value is -3.08. The first-order chi connectivity index (χ1) is 10.6. The lowest BCUT2D eigenvalue weighted by atomic mass is 9.82. The van der Waals surface area contributed by atoms with E-state index < -0.39 is 11.6 Å². The zero-order valence-corrected chi connectivity index (χ0v) is 11.6. The summed E-state index contributed by atoms with van der Waals surface area (Å²) >= 11 is 0. The number of ether oxygens (including phenoxy) is 1. The molecule has 2 aromatic rings. The zero-order chi connectivity index (χ0) is 15.9. The monoisotopic (exact) mass is 295 g/mol. The molecule has 22 heavy (non-hydrogen) atoms. The van der Waals surface area contributed by atoms with Crippen LogP contribution in [-0.4, -0.2) is 23.3 Å². The van der Waals surface area contributed by atoms with Gasteiger partial charge in [-0.1, -0.05) is 36.9 Å². The highest BCUT2D eigenvalue weighted by atomic mass is 16.5. The Kier molecular flexibility index (Phi) is 3.18. The Bertz CT molecular complexity index is 824. The lowest BCUT2D eigenvalue weighted by molar-refractivity contribution is 0.0977. The van der Waals surface area contributed by atoms with Crippen LogP contribution in [0.2, 0.25) is 0 Å². The second kappa shape index (κ2) is 5.04. The number of rotatable bonds is 3. The van der Waals surface area contributed by atoms with Crippen molar-refractivity contribution < 1.29 is 19.4 Å². The number of aromatic hydroxyl groups is 1. The van der Waals surface area contributed by atoms with E-state index in [1.165, 1.54) is 12.1 Å². The predicted octanol–water partition coefficient (Wildman–Crippen LogP) is 2.31. The quantitative estimate of drug-likeness (QED) is 0.439. The molecule has 0 aromatic heterocycles. The molecule has 110 valence electrons. The van der Waals surface area contributed by atoms with Gasteiger partial charge in [-0.3, -0.25) is 9.59 Å². The first-order valence-electron chi connectivity index (χ1n) is 6.63. The third-order valence-corrected chi connectivity index (χ3v) is 3.54. The van der Waals surface area contributed by atoms with Crippen molar-refractivity contribution in [3.63, 3.8) is 0 Å². The molecule has 0 heterocycles. The van der Waals surface area contributed by atoms with Crippen LogP contribution in [0.4, 0.5) is 5.69 Å². The van der Waals surface area contributed by atoms with Gasteiger partial charge in [-0.15, -0.1) is 0 Å². The molecule has 5 nitrogen and oxygen atoms in total. The van der Waals surface area contributed by atoms with E-state index in [9.17, 15) is 14.7 Å². The number of ketones is 2. The fraction of sp³-hybridized carbons (Fsp3) is 0.0588. The van der Waals surface area contributed by atoms with Crippen LogP contribution in [-0.2, 0) is 0 Å². The van der Waals surface area contributed by atoms with Gasteiger partial charge in [0.25, 0.3) is 0 Å². The topological polar surface area (TPSA) is 89.6 Å². The van der Waals surface area contributed by atoms with Gasteiger partial charge in [0.1, 0.15) is 18.1 Å². The Morgan fingerprint density at radius 3 is 2.32 bits per heavy atom. The zero-order valence-electron chi connectivity index (χ0n) is 11.6. The Balaban J connectivity index is 2.26. The SMILES string of the molecule is C=CCOc1cc(O)c2c(c1N)C(=O)c1ccccc1C2=O. The van der Waals surface area contributed by atoms with E-state index in [1.54, 1.807) is 24.3 Å². The molecule has 3 rings (SSSR count). The Morgan fingerprint density at radius 1 is 1.14 bits per heavy atom. The highest BCUT2D eigenvalue weighted by Crippen LogP contribution is 2.41. The minimum atomic E-state index is -0.426. The number of fused-ring (bicyclic) bond motifs is 2. The molecule has 2 aromatic carbocycles. The molecule has 0 spiro atoms. The number of nitrogens with two attached hydrogens (primary N) is 1. The molecule has 1 aliphatic rings. The fourth-order valence-corrected chi connectivity index (χ4v) is 2.54. The average Bonchev–Trinajstić information content (AvgIpc) is 2.53. The summed E-state index contributed by atoms with van der Waals surface area (Å²) in [6.45, 7) is 3.69. The van der Waals surface area contributed by atoms with Crippen molar-refractivity contribution in [1.29, 1.82) is 0 Å². The van der Waals surface area contributed by atoms with Crippen LogP contribution >= 0.6 is 0 Å². The van der Waals surface area contributed by atoms with E-state index in [-0.39, 0.29) is 46.0 Å². The van der Waals surface area contributed by atoms with E-state index in [2.05, 4.69) is 6.58 Å². The van der Waals surface area contributed by atoms with Crippen molar-refractivity contribution in [2.45, 2.75) is 0 Å². The van der Waals surface area contributed by atoms with Gasteiger partial charge in [-0.25, -0.2) is 0 Å². The molecule has 0 saturated carbocycles. The maximum Gasteiger partial charge on any atom is 0.198 e. The number of nitrogen functional groups attached to an aromatic ring is 1. The fourth-order valence-electron chi connectivity index (χ4n) is 2.54. The minimum absolute atomic E-state index is 0.0113. The summed E-state index contributed by atoms with van der Waals surface area (Å²) in [5.74, 6) is -1.00.